The van der Waals surface area contributed by atoms with Gasteiger partial charge in [-0.25, -0.2) is 4.79 Å². The van der Waals surface area contributed by atoms with E-state index in [0.717, 1.165) is 89.0 Å². The number of nitrogens with zero attached hydrogens (tertiary/aromatic N) is 4. The molecular formula is C25H39ClN5O4-. The van der Waals surface area contributed by atoms with Crippen LogP contribution >= 0.6 is 0 Å². The van der Waals surface area contributed by atoms with E-state index in [4.69, 9.17) is 0 Å². The van der Waals surface area contributed by atoms with Crippen molar-refractivity contribution >= 4 is 23.5 Å². The predicted octanol–water partition coefficient (Wildman–Crippen LogP) is -1.28. The molecular weight excluding hydrogens is 470 g/mol. The molecule has 3 N–H and O–H groups in total. The summed E-state index contributed by atoms with van der Waals surface area (Å²) in [4.78, 5) is 45.6. The third-order valence-corrected chi connectivity index (χ3v) is 7.03. The topological polar surface area (TPSA) is 108 Å². The number of carbonyl (C=O) groups excluding carboxylic acids is 3. The Morgan fingerprint density at radius 1 is 1.00 bits per heavy atom. The Morgan fingerprint density at radius 3 is 2.43 bits per heavy atom. The molecule has 3 heterocycles. The molecule has 4 amide bonds. The third-order valence-electron chi connectivity index (χ3n) is 7.03. The number of anilines is 1. The number of hydrogen-bond donors (Lipinski definition) is 1. The minimum absolute atomic E-state index is 0. The van der Waals surface area contributed by atoms with Crippen molar-refractivity contribution < 1.29 is 32.3 Å². The second-order valence-electron chi connectivity index (χ2n) is 9.29. The highest BCUT2D eigenvalue weighted by Crippen LogP contribution is 2.27. The number of amides is 4. The quantitative estimate of drug-likeness (QED) is 0.330. The monoisotopic (exact) mass is 508 g/mol. The first-order valence-electron chi connectivity index (χ1n) is 12.6. The molecule has 1 atom stereocenters. The highest BCUT2D eigenvalue weighted by Gasteiger charge is 2.45. The first-order chi connectivity index (χ1) is 16.1. The Morgan fingerprint density at radius 2 is 1.71 bits per heavy atom. The number of fused-ring (bicyclic) bond motifs is 1. The SMILES string of the molecule is CCCNC(=O)c1ccccc1N1CCN(CCCCN2C(=O)C3CCCCN3C2=O)CC1.O.[Cl-]. The number of carbonyl (C=O) groups is 3. The minimum atomic E-state index is -0.203. The molecule has 0 spiro atoms. The summed E-state index contributed by atoms with van der Waals surface area (Å²) in [5.41, 5.74) is 1.75. The van der Waals surface area contributed by atoms with Gasteiger partial charge in [0.25, 0.3) is 11.8 Å². The number of piperidine rings is 1. The van der Waals surface area contributed by atoms with Gasteiger partial charge in [-0.1, -0.05) is 19.1 Å². The van der Waals surface area contributed by atoms with Gasteiger partial charge in [0.05, 0.1) is 5.56 Å². The molecule has 10 heteroatoms. The number of urea groups is 1. The van der Waals surface area contributed by atoms with E-state index in [0.29, 0.717) is 13.1 Å². The summed E-state index contributed by atoms with van der Waals surface area (Å²) in [5.74, 6) is 0.00649. The largest absolute Gasteiger partial charge is 1.00 e. The summed E-state index contributed by atoms with van der Waals surface area (Å²) in [6, 6.07) is 7.56. The molecule has 3 fully saturated rings. The molecule has 1 aromatic rings. The van der Waals surface area contributed by atoms with Crippen molar-refractivity contribution in [1.82, 2.24) is 20.0 Å². The Kier molecular flexibility index (Phi) is 11.3. The van der Waals surface area contributed by atoms with E-state index in [9.17, 15) is 14.4 Å². The number of halogens is 1. The second-order valence-corrected chi connectivity index (χ2v) is 9.29. The molecule has 0 radical (unpaired) electrons. The van der Waals surface area contributed by atoms with Crippen LogP contribution in [0.15, 0.2) is 24.3 Å². The van der Waals surface area contributed by atoms with E-state index in [-0.39, 0.29) is 41.8 Å². The molecule has 9 nitrogen and oxygen atoms in total. The Balaban J connectivity index is 0.00000216. The zero-order chi connectivity index (χ0) is 23.2. The second kappa shape index (κ2) is 13.7. The van der Waals surface area contributed by atoms with Gasteiger partial charge in [-0.2, -0.15) is 0 Å². The summed E-state index contributed by atoms with van der Waals surface area (Å²) in [7, 11) is 0. The maximum absolute atomic E-state index is 12.6. The van der Waals surface area contributed by atoms with Crippen molar-refractivity contribution in [2.45, 2.75) is 51.5 Å². The summed E-state index contributed by atoms with van der Waals surface area (Å²) in [5, 5.41) is 2.99. The van der Waals surface area contributed by atoms with Gasteiger partial charge < -0.3 is 33.0 Å². The maximum atomic E-state index is 12.6. The standard InChI is InChI=1S/C25H37N5O3.ClH.H2O/c1-2-12-26-23(31)20-9-3-4-10-21(20)28-18-16-27(17-19-28)13-7-8-15-30-24(32)22-11-5-6-14-29(22)25(30)33;;/h3-4,9-10,22H,2,5-8,11-19H2,1H3,(H,26,31);1H;1H2/p-1. The van der Waals surface area contributed by atoms with Gasteiger partial charge in [-0.05, 0) is 57.2 Å². The van der Waals surface area contributed by atoms with Gasteiger partial charge in [0, 0.05) is 51.5 Å². The Labute approximate surface area is 214 Å². The lowest BCUT2D eigenvalue weighted by Crippen LogP contribution is -3.00. The van der Waals surface area contributed by atoms with Crippen LogP contribution in [-0.4, -0.2) is 96.4 Å². The number of benzene rings is 1. The molecule has 3 aliphatic heterocycles. The van der Waals surface area contributed by atoms with E-state index in [1.54, 1.807) is 4.90 Å². The highest BCUT2D eigenvalue weighted by molar-refractivity contribution is 6.04. The van der Waals surface area contributed by atoms with Crippen LogP contribution in [0.25, 0.3) is 0 Å². The molecule has 0 aromatic heterocycles. The van der Waals surface area contributed by atoms with Crippen LogP contribution in [0.3, 0.4) is 0 Å². The zero-order valence-electron chi connectivity index (χ0n) is 20.7. The molecule has 3 saturated heterocycles. The number of rotatable bonds is 9. The zero-order valence-corrected chi connectivity index (χ0v) is 21.4. The van der Waals surface area contributed by atoms with Gasteiger partial charge >= 0.3 is 6.03 Å². The van der Waals surface area contributed by atoms with Crippen molar-refractivity contribution in [3.05, 3.63) is 29.8 Å². The van der Waals surface area contributed by atoms with E-state index < -0.39 is 0 Å². The maximum Gasteiger partial charge on any atom is 0.327 e. The van der Waals surface area contributed by atoms with Gasteiger partial charge in [0.1, 0.15) is 6.04 Å². The fourth-order valence-corrected chi connectivity index (χ4v) is 5.15. The fraction of sp³-hybridized carbons (Fsp3) is 0.640. The van der Waals surface area contributed by atoms with Crippen molar-refractivity contribution in [2.24, 2.45) is 0 Å². The van der Waals surface area contributed by atoms with Crippen LogP contribution < -0.4 is 22.6 Å². The molecule has 0 aliphatic carbocycles. The summed E-state index contributed by atoms with van der Waals surface area (Å²) < 4.78 is 0. The van der Waals surface area contributed by atoms with E-state index in [1.165, 1.54) is 4.90 Å². The van der Waals surface area contributed by atoms with E-state index >= 15 is 0 Å². The molecule has 0 saturated carbocycles. The van der Waals surface area contributed by atoms with Gasteiger partial charge in [0.2, 0.25) is 0 Å². The summed E-state index contributed by atoms with van der Waals surface area (Å²) >= 11 is 0. The number of imide groups is 1. The van der Waals surface area contributed by atoms with Crippen LogP contribution in [0.1, 0.15) is 55.8 Å². The highest BCUT2D eigenvalue weighted by atomic mass is 35.5. The Hall–Kier alpha value is -2.36. The number of para-hydroxylation sites is 1. The van der Waals surface area contributed by atoms with Crippen molar-refractivity contribution in [2.75, 3.05) is 57.3 Å². The third kappa shape index (κ3) is 6.65. The van der Waals surface area contributed by atoms with Crippen LogP contribution in [0.4, 0.5) is 10.5 Å². The predicted molar refractivity (Wildman–Crippen MR) is 132 cm³/mol. The fourth-order valence-electron chi connectivity index (χ4n) is 5.15. The van der Waals surface area contributed by atoms with Crippen molar-refractivity contribution in [3.63, 3.8) is 0 Å². The molecule has 0 bridgehead atoms. The molecule has 1 aromatic carbocycles. The van der Waals surface area contributed by atoms with Crippen molar-refractivity contribution in [3.8, 4) is 0 Å². The van der Waals surface area contributed by atoms with Crippen molar-refractivity contribution in [1.29, 1.82) is 0 Å². The first kappa shape index (κ1) is 28.9. The number of unbranched alkanes of at least 4 members (excludes halogenated alkanes) is 1. The van der Waals surface area contributed by atoms with Gasteiger partial charge in [-0.3, -0.25) is 19.4 Å². The first-order valence-corrected chi connectivity index (χ1v) is 12.6. The number of piperazine rings is 1. The lowest BCUT2D eigenvalue weighted by atomic mass is 10.0. The molecule has 3 aliphatic rings. The average Bonchev–Trinajstić information content (AvgIpc) is 3.10. The van der Waals surface area contributed by atoms with E-state index in [2.05, 4.69) is 22.0 Å². The summed E-state index contributed by atoms with van der Waals surface area (Å²) in [6.07, 6.45) is 5.59. The number of nitrogens with one attached hydrogen (secondary N) is 1. The van der Waals surface area contributed by atoms with Crippen LogP contribution in [-0.2, 0) is 4.79 Å². The lowest BCUT2D eigenvalue weighted by molar-refractivity contribution is -0.128. The Bertz CT molecular complexity index is 838. The van der Waals surface area contributed by atoms with E-state index in [1.807, 2.05) is 24.3 Å². The normalized spacial score (nSPS) is 20.3. The van der Waals surface area contributed by atoms with Gasteiger partial charge in [0.15, 0.2) is 0 Å². The van der Waals surface area contributed by atoms with Crippen LogP contribution in [0, 0.1) is 0 Å². The lowest BCUT2D eigenvalue weighted by Gasteiger charge is -2.37. The molecule has 196 valence electrons. The number of hydrogen-bond acceptors (Lipinski definition) is 5. The van der Waals surface area contributed by atoms with Gasteiger partial charge in [-0.15, -0.1) is 0 Å². The molecule has 4 rings (SSSR count). The van der Waals surface area contributed by atoms with Crippen LogP contribution in [0.5, 0.6) is 0 Å². The van der Waals surface area contributed by atoms with Crippen LogP contribution in [0.2, 0.25) is 0 Å². The minimum Gasteiger partial charge on any atom is -1.00 e. The smallest absolute Gasteiger partial charge is 0.327 e. The molecule has 35 heavy (non-hydrogen) atoms. The average molecular weight is 509 g/mol. The molecule has 1 unspecified atom stereocenters. The summed E-state index contributed by atoms with van der Waals surface area (Å²) in [6.45, 7) is 8.63.